The van der Waals surface area contributed by atoms with Crippen molar-refractivity contribution in [2.45, 2.75) is 38.4 Å². The van der Waals surface area contributed by atoms with E-state index in [-0.39, 0.29) is 17.4 Å². The molecule has 0 saturated carbocycles. The lowest BCUT2D eigenvalue weighted by atomic mass is 9.67. The Balaban J connectivity index is 1.60. The molecule has 40 heavy (non-hydrogen) atoms. The van der Waals surface area contributed by atoms with E-state index in [1.807, 2.05) is 32.0 Å². The van der Waals surface area contributed by atoms with Crippen LogP contribution in [-0.4, -0.2) is 89.6 Å². The lowest BCUT2D eigenvalue weighted by Crippen LogP contribution is -2.66. The average molecular weight is 543 g/mol. The molecule has 1 spiro atoms. The number of nitriles is 1. The van der Waals surface area contributed by atoms with Gasteiger partial charge in [0.15, 0.2) is 0 Å². The Morgan fingerprint density at radius 1 is 1.23 bits per heavy atom. The predicted molar refractivity (Wildman–Crippen MR) is 153 cm³/mol. The van der Waals surface area contributed by atoms with E-state index in [1.165, 1.54) is 11.1 Å². The number of hydrogen-bond donors (Lipinski definition) is 1. The Morgan fingerprint density at radius 3 is 2.65 bits per heavy atom. The second-order valence-corrected chi connectivity index (χ2v) is 11.3. The summed E-state index contributed by atoms with van der Waals surface area (Å²) in [6.07, 6.45) is 5.27. The van der Waals surface area contributed by atoms with Crippen molar-refractivity contribution in [2.75, 3.05) is 59.7 Å². The fourth-order valence-corrected chi connectivity index (χ4v) is 6.37. The van der Waals surface area contributed by atoms with Gasteiger partial charge in [-0.25, -0.2) is 4.98 Å². The summed E-state index contributed by atoms with van der Waals surface area (Å²) in [4.78, 5) is 29.7. The first-order valence-corrected chi connectivity index (χ1v) is 13.7. The first-order valence-electron chi connectivity index (χ1n) is 13.7. The smallest absolute Gasteiger partial charge is 0.254 e. The zero-order chi connectivity index (χ0) is 28.6. The van der Waals surface area contributed by atoms with Crippen LogP contribution in [0.4, 0.5) is 5.95 Å². The van der Waals surface area contributed by atoms with Gasteiger partial charge in [0.2, 0.25) is 5.95 Å². The number of pyridine rings is 1. The van der Waals surface area contributed by atoms with Gasteiger partial charge in [-0.3, -0.25) is 9.78 Å². The van der Waals surface area contributed by atoms with Crippen molar-refractivity contribution in [1.29, 1.82) is 5.26 Å². The number of fused-ring (bicyclic) bond motifs is 2. The van der Waals surface area contributed by atoms with Gasteiger partial charge in [0.25, 0.3) is 5.91 Å². The number of amides is 1. The molecule has 2 aliphatic rings. The molecule has 0 radical (unpaired) electrons. The minimum atomic E-state index is -0.291. The minimum absolute atomic E-state index is 0.00752. The zero-order valence-electron chi connectivity index (χ0n) is 24.2. The molecule has 2 aliphatic heterocycles. The molecule has 1 saturated heterocycles. The number of rotatable bonds is 9. The third-order valence-electron chi connectivity index (χ3n) is 7.90. The number of carbonyl (C=O) groups is 1. The van der Waals surface area contributed by atoms with Crippen LogP contribution in [0.15, 0.2) is 36.8 Å². The Bertz CT molecular complexity index is 1450. The van der Waals surface area contributed by atoms with Crippen LogP contribution in [0.3, 0.4) is 0 Å². The van der Waals surface area contributed by atoms with Crippen molar-refractivity contribution in [3.05, 3.63) is 70.3 Å². The maximum Gasteiger partial charge on any atom is 0.254 e. The van der Waals surface area contributed by atoms with Gasteiger partial charge < -0.3 is 29.3 Å². The summed E-state index contributed by atoms with van der Waals surface area (Å²) >= 11 is 0. The molecule has 10 heteroatoms. The molecule has 210 valence electrons. The summed E-state index contributed by atoms with van der Waals surface area (Å²) in [5, 5.41) is 12.6. The predicted octanol–water partition coefficient (Wildman–Crippen LogP) is 3.10. The molecule has 2 aromatic heterocycles. The highest BCUT2D eigenvalue weighted by molar-refractivity contribution is 5.98. The molecule has 0 aliphatic carbocycles. The van der Waals surface area contributed by atoms with Crippen LogP contribution in [0.25, 0.3) is 0 Å². The topological polar surface area (TPSA) is 103 Å². The van der Waals surface area contributed by atoms with Crippen LogP contribution in [0.2, 0.25) is 0 Å². The van der Waals surface area contributed by atoms with Crippen LogP contribution in [0.1, 0.15) is 58.2 Å². The lowest BCUT2D eigenvalue weighted by Gasteiger charge is -2.55. The summed E-state index contributed by atoms with van der Waals surface area (Å²) in [5.74, 6) is 1.29. The van der Waals surface area contributed by atoms with Crippen LogP contribution >= 0.6 is 0 Å². The number of aromatic nitrogens is 3. The summed E-state index contributed by atoms with van der Waals surface area (Å²) in [5.41, 5.74) is 5.16. The molecule has 5 rings (SSSR count). The number of anilines is 1. The van der Waals surface area contributed by atoms with E-state index in [1.54, 1.807) is 18.5 Å². The van der Waals surface area contributed by atoms with Crippen LogP contribution in [-0.2, 0) is 18.5 Å². The number of hydrogen-bond acceptors (Lipinski definition) is 8. The van der Waals surface area contributed by atoms with Gasteiger partial charge in [-0.05, 0) is 57.7 Å². The Labute approximate surface area is 236 Å². The second kappa shape index (κ2) is 10.9. The van der Waals surface area contributed by atoms with Gasteiger partial charge in [0, 0.05) is 68.9 Å². The number of nitrogens with one attached hydrogen (secondary N) is 1. The minimum Gasteiger partial charge on any atom is -0.492 e. The van der Waals surface area contributed by atoms with Gasteiger partial charge in [0.1, 0.15) is 17.4 Å². The van der Waals surface area contributed by atoms with E-state index in [9.17, 15) is 10.1 Å². The Kier molecular flexibility index (Phi) is 7.53. The summed E-state index contributed by atoms with van der Waals surface area (Å²) in [7, 11) is 8.12. The lowest BCUT2D eigenvalue weighted by molar-refractivity contribution is 0.0228. The number of nitrogens with zero attached hydrogens (tertiary/aromatic N) is 7. The first kappa shape index (κ1) is 27.6. The van der Waals surface area contributed by atoms with Crippen molar-refractivity contribution in [1.82, 2.24) is 29.2 Å². The fourth-order valence-electron chi connectivity index (χ4n) is 6.37. The van der Waals surface area contributed by atoms with Crippen molar-refractivity contribution in [3.8, 4) is 11.8 Å². The molecule has 0 bridgehead atoms. The van der Waals surface area contributed by atoms with E-state index in [0.717, 1.165) is 36.7 Å². The zero-order valence-corrected chi connectivity index (χ0v) is 24.2. The molecule has 1 fully saturated rings. The summed E-state index contributed by atoms with van der Waals surface area (Å²) < 4.78 is 7.78. The average Bonchev–Trinajstić information content (AvgIpc) is 3.36. The number of benzene rings is 1. The number of carbonyl (C=O) groups excluding carboxylic acids is 1. The van der Waals surface area contributed by atoms with Crippen LogP contribution in [0, 0.1) is 11.3 Å². The molecule has 1 atom stereocenters. The summed E-state index contributed by atoms with van der Waals surface area (Å²) in [6.45, 7) is 8.08. The SMILES string of the molecule is CCOc1cc(C(C)N2CC3(CN(C)C3)c3c(CN(C)C)cc(Cn4ccnc4NC)cc3C2=O)ncc1C#N. The molecule has 1 amide bonds. The van der Waals surface area contributed by atoms with E-state index in [0.29, 0.717) is 36.7 Å². The highest BCUT2D eigenvalue weighted by Crippen LogP contribution is 2.45. The quantitative estimate of drug-likeness (QED) is 0.440. The number of imidazole rings is 1. The second-order valence-electron chi connectivity index (χ2n) is 11.3. The monoisotopic (exact) mass is 542 g/mol. The molecular formula is C30H38N8O2. The molecular weight excluding hydrogens is 504 g/mol. The highest BCUT2D eigenvalue weighted by Gasteiger charge is 2.52. The van der Waals surface area contributed by atoms with Gasteiger partial charge >= 0.3 is 0 Å². The van der Waals surface area contributed by atoms with Crippen molar-refractivity contribution in [3.63, 3.8) is 0 Å². The van der Waals surface area contributed by atoms with Crippen molar-refractivity contribution < 1.29 is 9.53 Å². The molecule has 10 nitrogen and oxygen atoms in total. The molecule has 1 unspecified atom stereocenters. The third kappa shape index (κ3) is 4.91. The molecule has 1 aromatic carbocycles. The fraction of sp³-hybridized carbons (Fsp3) is 0.467. The first-order chi connectivity index (χ1) is 19.2. The van der Waals surface area contributed by atoms with E-state index in [4.69, 9.17) is 4.74 Å². The Morgan fingerprint density at radius 2 is 2.00 bits per heavy atom. The maximum atomic E-state index is 14.3. The third-order valence-corrected chi connectivity index (χ3v) is 7.90. The van der Waals surface area contributed by atoms with Gasteiger partial charge in [-0.1, -0.05) is 6.07 Å². The highest BCUT2D eigenvalue weighted by atomic mass is 16.5. The van der Waals surface area contributed by atoms with Gasteiger partial charge in [0.05, 0.1) is 24.9 Å². The largest absolute Gasteiger partial charge is 0.492 e. The van der Waals surface area contributed by atoms with E-state index >= 15 is 0 Å². The number of ether oxygens (including phenoxy) is 1. The maximum absolute atomic E-state index is 14.3. The van der Waals surface area contributed by atoms with Crippen molar-refractivity contribution in [2.24, 2.45) is 0 Å². The van der Waals surface area contributed by atoms with Gasteiger partial charge in [-0.2, -0.15) is 5.26 Å². The van der Waals surface area contributed by atoms with Crippen LogP contribution < -0.4 is 10.1 Å². The summed E-state index contributed by atoms with van der Waals surface area (Å²) in [6, 6.07) is 8.01. The number of likely N-dealkylation sites (tertiary alicyclic amines) is 1. The van der Waals surface area contributed by atoms with Gasteiger partial charge in [-0.15, -0.1) is 0 Å². The molecule has 1 N–H and O–H groups in total. The van der Waals surface area contributed by atoms with E-state index in [2.05, 4.69) is 69.0 Å². The van der Waals surface area contributed by atoms with Crippen LogP contribution in [0.5, 0.6) is 5.75 Å². The Hall–Kier alpha value is -3.94. The van der Waals surface area contributed by atoms with E-state index < -0.39 is 0 Å². The number of likely N-dealkylation sites (N-methyl/N-ethyl adjacent to an activating group) is 1. The van der Waals surface area contributed by atoms with Crippen molar-refractivity contribution >= 4 is 11.9 Å². The molecule has 4 heterocycles. The standard InChI is InChI=1S/C30H38N8O2/c1-7-40-26-12-25(34-14-23(26)13-31)20(2)38-19-30(17-36(6)18-30)27-22(16-35(4)5)10-21(11-24(27)28(38)39)15-37-9-8-33-29(37)32-3/h8-12,14,20H,7,15-19H2,1-6H3,(H,32,33). The molecule has 3 aromatic rings. The normalized spacial score (nSPS) is 16.9.